The predicted molar refractivity (Wildman–Crippen MR) is 113 cm³/mol. The van der Waals surface area contributed by atoms with Crippen LogP contribution < -0.4 is 10.6 Å². The van der Waals surface area contributed by atoms with E-state index in [2.05, 4.69) is 30.1 Å². The first-order valence-corrected chi connectivity index (χ1v) is 11.7. The van der Waals surface area contributed by atoms with Gasteiger partial charge in [0.25, 0.3) is 0 Å². The minimum atomic E-state index is -0.409. The van der Waals surface area contributed by atoms with Gasteiger partial charge in [-0.1, -0.05) is 43.0 Å². The van der Waals surface area contributed by atoms with Gasteiger partial charge in [-0.25, -0.2) is 0 Å². The highest BCUT2D eigenvalue weighted by molar-refractivity contribution is 8.00. The molecule has 2 N–H and O–H groups in total. The summed E-state index contributed by atoms with van der Waals surface area (Å²) in [5.74, 6) is 0.00579. The fourth-order valence-electron chi connectivity index (χ4n) is 3.84. The number of aromatic nitrogens is 2. The van der Waals surface area contributed by atoms with Gasteiger partial charge in [-0.15, -0.1) is 21.5 Å². The highest BCUT2D eigenvalue weighted by atomic mass is 32.2. The van der Waals surface area contributed by atoms with Gasteiger partial charge in [0.2, 0.25) is 5.13 Å². The molecule has 4 rings (SSSR count). The smallest absolute Gasteiger partial charge is 0.219 e. The van der Waals surface area contributed by atoms with Gasteiger partial charge in [-0.3, -0.25) is 9.69 Å². The van der Waals surface area contributed by atoms with Gasteiger partial charge < -0.3 is 5.73 Å². The lowest BCUT2D eigenvalue weighted by atomic mass is 9.70. The maximum atomic E-state index is 13.3. The summed E-state index contributed by atoms with van der Waals surface area (Å²) >= 11 is 4.46. The van der Waals surface area contributed by atoms with E-state index in [9.17, 15) is 10.1 Å². The number of nitrogens with two attached hydrogens (primary N) is 1. The van der Waals surface area contributed by atoms with Crippen molar-refractivity contribution < 1.29 is 4.79 Å². The summed E-state index contributed by atoms with van der Waals surface area (Å²) < 4.78 is 0.810. The van der Waals surface area contributed by atoms with Gasteiger partial charge in [0, 0.05) is 22.6 Å². The zero-order chi connectivity index (χ0) is 20.1. The van der Waals surface area contributed by atoms with Crippen LogP contribution in [0.3, 0.4) is 0 Å². The van der Waals surface area contributed by atoms with Crippen LogP contribution in [0.15, 0.2) is 44.5 Å². The van der Waals surface area contributed by atoms with E-state index in [4.69, 9.17) is 5.73 Å². The summed E-state index contributed by atoms with van der Waals surface area (Å²) in [4.78, 5) is 16.0. The Labute approximate surface area is 175 Å². The lowest BCUT2D eigenvalue weighted by Gasteiger charge is -2.42. The van der Waals surface area contributed by atoms with Crippen LogP contribution in [-0.2, 0) is 4.79 Å². The number of thioether (sulfide) groups is 1. The van der Waals surface area contributed by atoms with Crippen molar-refractivity contribution in [2.45, 2.75) is 36.9 Å². The van der Waals surface area contributed by atoms with E-state index >= 15 is 0 Å². The zero-order valence-electron chi connectivity index (χ0n) is 15.7. The Hall–Kier alpha value is -2.15. The molecule has 0 saturated heterocycles. The van der Waals surface area contributed by atoms with Crippen LogP contribution in [0.2, 0.25) is 0 Å². The average Bonchev–Trinajstić information content (AvgIpc) is 3.31. The Balaban J connectivity index is 1.97. The monoisotopic (exact) mass is 429 g/mol. The number of allylic oxidation sites excluding steroid dienone is 3. The summed E-state index contributed by atoms with van der Waals surface area (Å²) in [5.41, 5.74) is 8.26. The van der Waals surface area contributed by atoms with E-state index in [1.807, 2.05) is 23.8 Å². The van der Waals surface area contributed by atoms with Crippen molar-refractivity contribution in [1.29, 1.82) is 5.26 Å². The quantitative estimate of drug-likeness (QED) is 0.728. The lowest BCUT2D eigenvalue weighted by Crippen LogP contribution is -2.42. The third kappa shape index (κ3) is 3.05. The molecule has 3 heterocycles. The molecule has 9 heteroatoms. The number of carbonyl (C=O) groups is 1. The van der Waals surface area contributed by atoms with E-state index < -0.39 is 5.92 Å². The molecule has 0 aromatic carbocycles. The van der Waals surface area contributed by atoms with Crippen LogP contribution >= 0.6 is 34.4 Å². The molecule has 1 aliphatic carbocycles. The van der Waals surface area contributed by atoms with Gasteiger partial charge in [0.05, 0.1) is 17.6 Å². The van der Waals surface area contributed by atoms with Gasteiger partial charge >= 0.3 is 0 Å². The maximum Gasteiger partial charge on any atom is 0.219 e. The van der Waals surface area contributed by atoms with E-state index in [-0.39, 0.29) is 11.2 Å². The van der Waals surface area contributed by atoms with Gasteiger partial charge in [-0.2, -0.15) is 5.26 Å². The molecule has 28 heavy (non-hydrogen) atoms. The fraction of sp³-hybridized carbons (Fsp3) is 0.368. The second-order valence-electron chi connectivity index (χ2n) is 7.55. The third-order valence-corrected chi connectivity index (χ3v) is 7.79. The molecule has 1 atom stereocenters. The Morgan fingerprint density at radius 1 is 1.39 bits per heavy atom. The van der Waals surface area contributed by atoms with Crippen molar-refractivity contribution in [2.75, 3.05) is 11.2 Å². The molecule has 2 aliphatic rings. The summed E-state index contributed by atoms with van der Waals surface area (Å²) in [6, 6.07) is 6.17. The number of ketones is 1. The normalized spacial score (nSPS) is 21.7. The number of carbonyl (C=O) groups excluding carboxylic acids is 1. The topological polar surface area (TPSA) is 95.9 Å². The molecule has 1 aliphatic heterocycles. The van der Waals surface area contributed by atoms with Crippen LogP contribution in [0.25, 0.3) is 0 Å². The number of rotatable bonds is 3. The van der Waals surface area contributed by atoms with Crippen LogP contribution in [-0.4, -0.2) is 22.2 Å². The highest BCUT2D eigenvalue weighted by Crippen LogP contribution is 2.51. The molecular weight excluding hydrogens is 410 g/mol. The molecule has 0 amide bonds. The zero-order valence-corrected chi connectivity index (χ0v) is 18.2. The minimum Gasteiger partial charge on any atom is -0.384 e. The largest absolute Gasteiger partial charge is 0.384 e. The summed E-state index contributed by atoms with van der Waals surface area (Å²) in [5, 5.41) is 21.0. The van der Waals surface area contributed by atoms with Crippen LogP contribution in [0.5, 0.6) is 0 Å². The van der Waals surface area contributed by atoms with E-state index in [0.29, 0.717) is 34.9 Å². The number of nitrogens with zero attached hydrogens (tertiary/aromatic N) is 4. The van der Waals surface area contributed by atoms with Gasteiger partial charge in [0.15, 0.2) is 10.1 Å². The van der Waals surface area contributed by atoms with E-state index in [1.165, 1.54) is 34.4 Å². The van der Waals surface area contributed by atoms with Crippen molar-refractivity contribution >= 4 is 45.4 Å². The minimum absolute atomic E-state index is 0.0736. The van der Waals surface area contributed by atoms with Crippen LogP contribution in [0.1, 0.15) is 37.5 Å². The van der Waals surface area contributed by atoms with Crippen LogP contribution in [0.4, 0.5) is 5.13 Å². The first-order chi connectivity index (χ1) is 13.4. The average molecular weight is 430 g/mol. The Kier molecular flexibility index (Phi) is 4.81. The first kappa shape index (κ1) is 19.2. The Bertz CT molecular complexity index is 1040. The molecule has 6 nitrogen and oxygen atoms in total. The molecule has 0 bridgehead atoms. The van der Waals surface area contributed by atoms with E-state index in [0.717, 1.165) is 14.9 Å². The van der Waals surface area contributed by atoms with Crippen molar-refractivity contribution in [2.24, 2.45) is 11.1 Å². The van der Waals surface area contributed by atoms with Crippen LogP contribution in [0, 0.1) is 16.7 Å². The van der Waals surface area contributed by atoms with Crippen molar-refractivity contribution in [3.05, 3.63) is 45.1 Å². The predicted octanol–water partition coefficient (Wildman–Crippen LogP) is 4.26. The Morgan fingerprint density at radius 3 is 2.79 bits per heavy atom. The van der Waals surface area contributed by atoms with E-state index in [1.54, 1.807) is 4.90 Å². The summed E-state index contributed by atoms with van der Waals surface area (Å²) in [6.07, 6.45) is 3.07. The lowest BCUT2D eigenvalue weighted by molar-refractivity contribution is -0.118. The molecule has 0 fully saturated rings. The second kappa shape index (κ2) is 7.03. The summed E-state index contributed by atoms with van der Waals surface area (Å²) in [7, 11) is 0. The Morgan fingerprint density at radius 2 is 2.18 bits per heavy atom. The third-order valence-electron chi connectivity index (χ3n) is 4.97. The number of thiophene rings is 1. The summed E-state index contributed by atoms with van der Waals surface area (Å²) in [6.45, 7) is 4.17. The first-order valence-electron chi connectivity index (χ1n) is 8.73. The highest BCUT2D eigenvalue weighted by Gasteiger charge is 2.45. The number of hydrogen-bond donors (Lipinski definition) is 1. The molecule has 144 valence electrons. The second-order valence-corrected chi connectivity index (χ2v) is 10.5. The van der Waals surface area contributed by atoms with Crippen molar-refractivity contribution in [3.63, 3.8) is 0 Å². The number of anilines is 1. The molecule has 0 radical (unpaired) electrons. The molecule has 2 aromatic rings. The molecule has 0 spiro atoms. The number of Topliss-reactive ketones (excluding diaryl/α,β-unsaturated/α-hetero) is 1. The molecule has 0 saturated carbocycles. The molecule has 2 aromatic heterocycles. The van der Waals surface area contributed by atoms with Crippen molar-refractivity contribution in [3.8, 4) is 6.07 Å². The number of nitriles is 1. The maximum absolute atomic E-state index is 13.3. The standard InChI is InChI=1S/C19H19N5OS3/c1-19(2)7-11-15(12(25)8-19)14(13-5-4-6-27-13)10(9-20)16(21)24(11)17-22-23-18(26-3)28-17/h4-6,14H,7-8,21H2,1-3H3. The molecule has 1 unspecified atom stereocenters. The van der Waals surface area contributed by atoms with Gasteiger partial charge in [-0.05, 0) is 29.5 Å². The molecular formula is C19H19N5OS3. The SMILES string of the molecule is CSc1nnc(N2C(N)=C(C#N)C(c3cccs3)C3=C2CC(C)(C)CC3=O)s1. The number of hydrogen-bond acceptors (Lipinski definition) is 9. The van der Waals surface area contributed by atoms with Gasteiger partial charge in [0.1, 0.15) is 5.82 Å². The van der Waals surface area contributed by atoms with Crippen molar-refractivity contribution in [1.82, 2.24) is 10.2 Å². The fourth-order valence-corrected chi connectivity index (χ4v) is 5.98.